The Hall–Kier alpha value is -0.125. The molecule has 0 bridgehead atoms. The van der Waals surface area contributed by atoms with Crippen molar-refractivity contribution in [2.24, 2.45) is 5.92 Å². The summed E-state index contributed by atoms with van der Waals surface area (Å²) in [6.45, 7) is 2.09. The smallest absolute Gasteiger partial charge is 0.348 e. The molecule has 4 atom stereocenters. The van der Waals surface area contributed by atoms with E-state index < -0.39 is 25.8 Å². The molecule has 1 heterocycles. The molecule has 102 valence electrons. The van der Waals surface area contributed by atoms with Crippen LogP contribution in [0.5, 0.6) is 0 Å². The quantitative estimate of drug-likeness (QED) is 0.384. The van der Waals surface area contributed by atoms with E-state index >= 15 is 0 Å². The average Bonchev–Trinajstić information content (AvgIpc) is 2.53. The van der Waals surface area contributed by atoms with E-state index in [-0.39, 0.29) is 5.92 Å². The first-order valence-electron chi connectivity index (χ1n) is 6.19. The average molecular weight is 274 g/mol. The molecule has 2 radical (unpaired) electrons. The molecule has 1 unspecified atom stereocenters. The zero-order chi connectivity index (χ0) is 13.8. The van der Waals surface area contributed by atoms with Gasteiger partial charge in [-0.1, -0.05) is 26.2 Å². The largest absolute Gasteiger partial charge is 0.390 e. The minimum Gasteiger partial charge on any atom is -0.390 e. The van der Waals surface area contributed by atoms with Crippen molar-refractivity contribution in [3.05, 3.63) is 11.9 Å². The molecule has 7 heteroatoms. The lowest BCUT2D eigenvalue weighted by Gasteiger charge is -2.17. The predicted molar refractivity (Wildman–Crippen MR) is 69.2 cm³/mol. The van der Waals surface area contributed by atoms with Gasteiger partial charge in [0.05, 0.1) is 6.10 Å². The van der Waals surface area contributed by atoms with Gasteiger partial charge in [0, 0.05) is 17.7 Å². The second-order valence-electron chi connectivity index (χ2n) is 4.65. The first-order valence-corrected chi connectivity index (χ1v) is 7.87. The number of ether oxygens (including phenoxy) is 1. The number of rotatable bonds is 6. The molecular formula is C11H20BO5P. The predicted octanol–water partition coefficient (Wildman–Crippen LogP) is 1.13. The van der Waals surface area contributed by atoms with Gasteiger partial charge in [0.1, 0.15) is 14.0 Å². The van der Waals surface area contributed by atoms with Crippen LogP contribution in [0.25, 0.3) is 0 Å². The highest BCUT2D eigenvalue weighted by molar-refractivity contribution is 7.55. The second kappa shape index (κ2) is 6.87. The van der Waals surface area contributed by atoms with E-state index in [0.717, 1.165) is 31.5 Å². The molecule has 0 saturated carbocycles. The zero-order valence-corrected chi connectivity index (χ0v) is 11.4. The van der Waals surface area contributed by atoms with Crippen LogP contribution in [-0.4, -0.2) is 41.0 Å². The molecule has 0 amide bonds. The van der Waals surface area contributed by atoms with Crippen molar-refractivity contribution in [2.75, 3.05) is 0 Å². The monoisotopic (exact) mass is 274 g/mol. The van der Waals surface area contributed by atoms with Crippen LogP contribution in [0.4, 0.5) is 0 Å². The lowest BCUT2D eigenvalue weighted by atomic mass is 9.81. The first kappa shape index (κ1) is 15.9. The molecule has 1 aliphatic heterocycles. The molecule has 0 aromatic rings. The zero-order valence-electron chi connectivity index (χ0n) is 10.5. The molecule has 1 fully saturated rings. The van der Waals surface area contributed by atoms with Crippen LogP contribution in [0.15, 0.2) is 11.9 Å². The van der Waals surface area contributed by atoms with Crippen molar-refractivity contribution in [3.63, 3.8) is 0 Å². The van der Waals surface area contributed by atoms with Gasteiger partial charge in [0.2, 0.25) is 0 Å². The third kappa shape index (κ3) is 4.86. The van der Waals surface area contributed by atoms with Crippen molar-refractivity contribution in [1.82, 2.24) is 0 Å². The topological polar surface area (TPSA) is 87.0 Å². The summed E-state index contributed by atoms with van der Waals surface area (Å²) in [6, 6.07) is -0.580. The molecule has 3 N–H and O–H groups in total. The van der Waals surface area contributed by atoms with Gasteiger partial charge in [-0.2, -0.15) is 0 Å². The van der Waals surface area contributed by atoms with Crippen molar-refractivity contribution in [2.45, 2.75) is 50.8 Å². The number of hydrogen-bond donors (Lipinski definition) is 3. The van der Waals surface area contributed by atoms with Crippen LogP contribution < -0.4 is 0 Å². The SMILES string of the molecule is [B][C@@H]1O[C@H](/C=C/P(=O)(O)O)C(O)[C@@H]1CCCCC. The Labute approximate surface area is 109 Å². The fourth-order valence-corrected chi connectivity index (χ4v) is 2.52. The Morgan fingerprint density at radius 1 is 1.39 bits per heavy atom. The van der Waals surface area contributed by atoms with E-state index in [1.807, 2.05) is 0 Å². The molecule has 0 aromatic heterocycles. The van der Waals surface area contributed by atoms with Gasteiger partial charge in [0.15, 0.2) is 0 Å². The van der Waals surface area contributed by atoms with Gasteiger partial charge < -0.3 is 19.6 Å². The van der Waals surface area contributed by atoms with Crippen LogP contribution in [0.3, 0.4) is 0 Å². The Kier molecular flexibility index (Phi) is 6.08. The van der Waals surface area contributed by atoms with E-state index in [2.05, 4.69) is 6.92 Å². The normalized spacial score (nSPS) is 33.3. The molecule has 0 spiro atoms. The molecular weight excluding hydrogens is 254 g/mol. The molecule has 18 heavy (non-hydrogen) atoms. The summed E-state index contributed by atoms with van der Waals surface area (Å²) < 4.78 is 16.0. The molecule has 0 aromatic carbocycles. The highest BCUT2D eigenvalue weighted by atomic mass is 31.2. The maximum atomic E-state index is 10.7. The van der Waals surface area contributed by atoms with Gasteiger partial charge in [-0.3, -0.25) is 4.57 Å². The summed E-state index contributed by atoms with van der Waals surface area (Å²) in [5.41, 5.74) is 0. The molecule has 1 rings (SSSR count). The van der Waals surface area contributed by atoms with E-state index in [9.17, 15) is 9.67 Å². The second-order valence-corrected chi connectivity index (χ2v) is 6.12. The minimum atomic E-state index is -4.22. The van der Waals surface area contributed by atoms with Crippen LogP contribution in [0.1, 0.15) is 32.6 Å². The number of aliphatic hydroxyl groups excluding tert-OH is 1. The lowest BCUT2D eigenvalue weighted by Crippen LogP contribution is -2.26. The van der Waals surface area contributed by atoms with Gasteiger partial charge >= 0.3 is 7.60 Å². The standard InChI is InChI=1S/C11H20BO5P/c1-2-3-4-5-8-10(13)9(17-11(8)12)6-7-18(14,15)16/h6-11,13H,2-5H2,1H3,(H2,14,15,16)/b7-6+/t8-,9+,10?,11+/m0/s1. The summed E-state index contributed by atoms with van der Waals surface area (Å²) in [4.78, 5) is 17.5. The molecule has 1 aliphatic rings. The Bertz CT molecular complexity index is 329. The highest BCUT2D eigenvalue weighted by Gasteiger charge is 2.39. The van der Waals surface area contributed by atoms with Crippen molar-refractivity contribution in [3.8, 4) is 0 Å². The molecule has 5 nitrogen and oxygen atoms in total. The lowest BCUT2D eigenvalue weighted by molar-refractivity contribution is 0.0628. The summed E-state index contributed by atoms with van der Waals surface area (Å²) in [5, 5.41) is 10.0. The van der Waals surface area contributed by atoms with Crippen LogP contribution in [0, 0.1) is 5.92 Å². The number of hydrogen-bond acceptors (Lipinski definition) is 3. The Balaban J connectivity index is 2.55. The van der Waals surface area contributed by atoms with Crippen molar-refractivity contribution >= 4 is 15.4 Å². The molecule has 0 aliphatic carbocycles. The Morgan fingerprint density at radius 2 is 2.06 bits per heavy atom. The van der Waals surface area contributed by atoms with Crippen LogP contribution in [0.2, 0.25) is 0 Å². The van der Waals surface area contributed by atoms with E-state index in [0.29, 0.717) is 0 Å². The van der Waals surface area contributed by atoms with Gasteiger partial charge in [0.25, 0.3) is 0 Å². The van der Waals surface area contributed by atoms with Gasteiger partial charge in [-0.05, 0) is 12.5 Å². The van der Waals surface area contributed by atoms with E-state index in [1.165, 1.54) is 6.08 Å². The summed E-state index contributed by atoms with van der Waals surface area (Å²) in [7, 11) is 1.55. The summed E-state index contributed by atoms with van der Waals surface area (Å²) in [5.74, 6) is 0.574. The maximum Gasteiger partial charge on any atom is 0.348 e. The van der Waals surface area contributed by atoms with Crippen LogP contribution in [-0.2, 0) is 9.30 Å². The van der Waals surface area contributed by atoms with Gasteiger partial charge in [-0.15, -0.1) is 0 Å². The molecule has 1 saturated heterocycles. The van der Waals surface area contributed by atoms with Crippen molar-refractivity contribution in [1.29, 1.82) is 0 Å². The highest BCUT2D eigenvalue weighted by Crippen LogP contribution is 2.38. The number of unbranched alkanes of at least 4 members (excludes halogenated alkanes) is 2. The van der Waals surface area contributed by atoms with E-state index in [4.69, 9.17) is 22.4 Å². The number of aliphatic hydroxyl groups is 1. The summed E-state index contributed by atoms with van der Waals surface area (Å²) >= 11 is 0. The fourth-order valence-electron chi connectivity index (χ4n) is 2.12. The minimum absolute atomic E-state index is 0.178. The fraction of sp³-hybridized carbons (Fsp3) is 0.818. The Morgan fingerprint density at radius 3 is 2.61 bits per heavy atom. The maximum absolute atomic E-state index is 10.7. The summed E-state index contributed by atoms with van der Waals surface area (Å²) in [6.07, 6.45) is 3.53. The van der Waals surface area contributed by atoms with E-state index in [1.54, 1.807) is 0 Å². The van der Waals surface area contributed by atoms with Gasteiger partial charge in [-0.25, -0.2) is 0 Å². The third-order valence-corrected chi connectivity index (χ3v) is 3.68. The first-order chi connectivity index (χ1) is 8.35. The van der Waals surface area contributed by atoms with Crippen molar-refractivity contribution < 1.29 is 24.2 Å². The third-order valence-electron chi connectivity index (χ3n) is 3.12. The van der Waals surface area contributed by atoms with Crippen LogP contribution >= 0.6 is 7.60 Å².